The number of hydrogen-bond acceptors (Lipinski definition) is 8. The fraction of sp³-hybridized carbons (Fsp3) is 0.630. The van der Waals surface area contributed by atoms with Crippen LogP contribution >= 0.6 is 23.3 Å². The Morgan fingerprint density at radius 2 is 2.05 bits per heavy atom. The average Bonchev–Trinajstić information content (AvgIpc) is 3.89. The minimum Gasteiger partial charge on any atom is -0.316 e. The molecule has 10 heteroatoms. The number of pyridine rings is 1. The number of imidazole rings is 1. The molecular formula is C27H34FN7S2. The quantitative estimate of drug-likeness (QED) is 0.362. The third-order valence-corrected chi connectivity index (χ3v) is 10.6. The molecule has 7 rings (SSSR count). The van der Waals surface area contributed by atoms with Gasteiger partial charge < -0.3 is 5.32 Å². The number of hydrogen-bond donors (Lipinski definition) is 2. The molecule has 1 aliphatic heterocycles. The van der Waals surface area contributed by atoms with Crippen LogP contribution in [0.1, 0.15) is 75.8 Å². The molecule has 4 aliphatic rings. The second-order valence-corrected chi connectivity index (χ2v) is 13.0. The van der Waals surface area contributed by atoms with Crippen LogP contribution in [-0.2, 0) is 10.8 Å². The first-order chi connectivity index (χ1) is 18.0. The van der Waals surface area contributed by atoms with E-state index in [0.717, 1.165) is 71.4 Å². The summed E-state index contributed by atoms with van der Waals surface area (Å²) >= 11 is 3.00. The van der Waals surface area contributed by atoms with Crippen molar-refractivity contribution in [3.05, 3.63) is 29.0 Å². The van der Waals surface area contributed by atoms with Crippen LogP contribution in [0.3, 0.4) is 0 Å². The van der Waals surface area contributed by atoms with Gasteiger partial charge in [-0.05, 0) is 81.1 Å². The van der Waals surface area contributed by atoms with E-state index in [-0.39, 0.29) is 17.6 Å². The fourth-order valence-electron chi connectivity index (χ4n) is 5.28. The number of nitriles is 1. The molecule has 3 aliphatic carbocycles. The minimum absolute atomic E-state index is 0.197. The summed E-state index contributed by atoms with van der Waals surface area (Å²) < 4.78 is 19.0. The zero-order valence-electron chi connectivity index (χ0n) is 21.5. The van der Waals surface area contributed by atoms with Gasteiger partial charge in [-0.1, -0.05) is 38.0 Å². The highest BCUT2D eigenvalue weighted by atomic mass is 32.2. The molecule has 3 saturated carbocycles. The van der Waals surface area contributed by atoms with Gasteiger partial charge in [0.05, 0.1) is 23.3 Å². The molecular weight excluding hydrogens is 505 g/mol. The number of unbranched alkanes of at least 4 members (excludes halogenated alkanes) is 1. The number of rotatable bonds is 8. The van der Waals surface area contributed by atoms with Crippen molar-refractivity contribution in [2.45, 2.75) is 86.5 Å². The molecule has 4 fully saturated rings. The van der Waals surface area contributed by atoms with Gasteiger partial charge in [0.1, 0.15) is 17.1 Å². The van der Waals surface area contributed by atoms with Crippen LogP contribution < -0.4 is 10.0 Å². The van der Waals surface area contributed by atoms with Crippen LogP contribution in [0.5, 0.6) is 0 Å². The highest BCUT2D eigenvalue weighted by molar-refractivity contribution is 7.97. The topological polar surface area (TPSA) is 90.9 Å². The number of halogens is 1. The summed E-state index contributed by atoms with van der Waals surface area (Å²) in [5, 5.41) is 23.4. The highest BCUT2D eigenvalue weighted by Crippen LogP contribution is 2.59. The van der Waals surface area contributed by atoms with Gasteiger partial charge in [0.15, 0.2) is 10.8 Å². The maximum Gasteiger partial charge on any atom is 0.183 e. The van der Waals surface area contributed by atoms with Crippen molar-refractivity contribution >= 4 is 28.8 Å². The van der Waals surface area contributed by atoms with E-state index in [1.54, 1.807) is 0 Å². The van der Waals surface area contributed by atoms with Gasteiger partial charge in [-0.3, -0.25) is 9.12 Å². The van der Waals surface area contributed by atoms with E-state index < -0.39 is 5.41 Å². The predicted molar refractivity (Wildman–Crippen MR) is 145 cm³/mol. The minimum atomic E-state index is -0.445. The molecule has 0 aromatic carbocycles. The molecule has 0 spiro atoms. The summed E-state index contributed by atoms with van der Waals surface area (Å²) in [6.07, 6.45) is 12.5. The van der Waals surface area contributed by atoms with Crippen molar-refractivity contribution in [1.29, 1.82) is 5.26 Å². The van der Waals surface area contributed by atoms with Gasteiger partial charge in [-0.2, -0.15) is 5.26 Å². The Morgan fingerprint density at radius 1 is 1.24 bits per heavy atom. The standard InChI is InChI=1S/C23H24FN7S2.C4H10/c24-12-22(3-4-22)30-33-15-7-16(23-5-6-26-9-14(23)8-23)17-10-27-18(31(17)11-15)19-28-29-20(32-19)21(13-25)1-2-21;1-3-4-2/h7,10-11,14,26,30H,1-6,8-9,12H2;3-4H2,1-2H3. The second-order valence-electron chi connectivity index (χ2n) is 11.2. The van der Waals surface area contributed by atoms with Crippen LogP contribution in [0.4, 0.5) is 4.39 Å². The zero-order chi connectivity index (χ0) is 25.7. The van der Waals surface area contributed by atoms with E-state index in [4.69, 9.17) is 4.98 Å². The molecule has 2 atom stereocenters. The second kappa shape index (κ2) is 9.60. The summed E-state index contributed by atoms with van der Waals surface area (Å²) in [4.78, 5) is 5.84. The summed E-state index contributed by atoms with van der Waals surface area (Å²) in [5.74, 6) is 1.42. The van der Waals surface area contributed by atoms with E-state index in [2.05, 4.69) is 56.8 Å². The third-order valence-electron chi connectivity index (χ3n) is 8.51. The first-order valence-electron chi connectivity index (χ1n) is 13.5. The monoisotopic (exact) mass is 539 g/mol. The Kier molecular flexibility index (Phi) is 6.55. The van der Waals surface area contributed by atoms with E-state index in [9.17, 15) is 9.65 Å². The molecule has 4 heterocycles. The molecule has 1 saturated heterocycles. The van der Waals surface area contributed by atoms with Gasteiger partial charge in [0, 0.05) is 16.5 Å². The molecule has 0 bridgehead atoms. The lowest BCUT2D eigenvalue weighted by molar-refractivity contribution is 0.402. The van der Waals surface area contributed by atoms with Crippen molar-refractivity contribution in [2.75, 3.05) is 19.8 Å². The normalized spacial score (nSPS) is 26.1. The molecule has 37 heavy (non-hydrogen) atoms. The molecule has 3 aromatic rings. The third kappa shape index (κ3) is 4.48. The fourth-order valence-corrected chi connectivity index (χ4v) is 7.24. The van der Waals surface area contributed by atoms with Crippen LogP contribution in [0, 0.1) is 17.2 Å². The van der Waals surface area contributed by atoms with Crippen LogP contribution in [0.25, 0.3) is 16.3 Å². The average molecular weight is 540 g/mol. The van der Waals surface area contributed by atoms with Crippen LogP contribution in [0.15, 0.2) is 23.4 Å². The van der Waals surface area contributed by atoms with Crippen LogP contribution in [0.2, 0.25) is 0 Å². The van der Waals surface area contributed by atoms with Gasteiger partial charge >= 0.3 is 0 Å². The first kappa shape index (κ1) is 25.2. The number of piperidine rings is 1. The van der Waals surface area contributed by atoms with Gasteiger partial charge in [0.2, 0.25) is 0 Å². The molecule has 3 aromatic heterocycles. The maximum atomic E-state index is 13.5. The Morgan fingerprint density at radius 3 is 2.70 bits per heavy atom. The van der Waals surface area contributed by atoms with E-state index in [0.29, 0.717) is 5.92 Å². The number of nitrogens with zero attached hydrogens (tertiary/aromatic N) is 5. The largest absolute Gasteiger partial charge is 0.316 e. The lowest BCUT2D eigenvalue weighted by Gasteiger charge is -2.25. The Bertz CT molecular complexity index is 1330. The highest BCUT2D eigenvalue weighted by Gasteiger charge is 2.57. The van der Waals surface area contributed by atoms with Crippen LogP contribution in [-0.4, -0.2) is 44.9 Å². The smallest absolute Gasteiger partial charge is 0.183 e. The Hall–Kier alpha value is -2.06. The molecule has 2 N–H and O–H groups in total. The van der Waals surface area contributed by atoms with E-state index >= 15 is 0 Å². The summed E-state index contributed by atoms with van der Waals surface area (Å²) in [7, 11) is 0. The molecule has 0 radical (unpaired) electrons. The number of aromatic nitrogens is 4. The van der Waals surface area contributed by atoms with Crippen molar-refractivity contribution in [1.82, 2.24) is 29.6 Å². The molecule has 7 nitrogen and oxygen atoms in total. The number of nitrogens with one attached hydrogen (secondary N) is 2. The van der Waals surface area contributed by atoms with E-state index in [1.165, 1.54) is 48.1 Å². The Labute approximate surface area is 225 Å². The molecule has 0 amide bonds. The number of alkyl halides is 1. The lowest BCUT2D eigenvalue weighted by atomic mass is 9.87. The number of fused-ring (bicyclic) bond motifs is 2. The lowest BCUT2D eigenvalue weighted by Crippen LogP contribution is -2.31. The SMILES string of the molecule is CCCC.N#CC1(c2nnc(-c3ncc4c(C56CCNCC5C6)cc(SNC5(CF)CC5)cn34)s2)CC1. The van der Waals surface area contributed by atoms with Gasteiger partial charge in [-0.15, -0.1) is 10.2 Å². The summed E-state index contributed by atoms with van der Waals surface area (Å²) in [6.45, 7) is 6.11. The van der Waals surface area contributed by atoms with Crippen molar-refractivity contribution in [2.24, 2.45) is 5.92 Å². The van der Waals surface area contributed by atoms with E-state index in [1.807, 2.05) is 6.20 Å². The Balaban J connectivity index is 0.000000590. The molecule has 2 unspecified atom stereocenters. The summed E-state index contributed by atoms with van der Waals surface area (Å²) in [6, 6.07) is 4.70. The van der Waals surface area contributed by atoms with Gasteiger partial charge in [0.25, 0.3) is 0 Å². The summed E-state index contributed by atoms with van der Waals surface area (Å²) in [5.41, 5.74) is 1.84. The molecule has 196 valence electrons. The zero-order valence-corrected chi connectivity index (χ0v) is 23.2. The van der Waals surface area contributed by atoms with Crippen molar-refractivity contribution in [3.8, 4) is 16.9 Å². The predicted octanol–water partition coefficient (Wildman–Crippen LogP) is 5.56. The first-order valence-corrected chi connectivity index (χ1v) is 15.1. The van der Waals surface area contributed by atoms with Crippen molar-refractivity contribution in [3.63, 3.8) is 0 Å². The van der Waals surface area contributed by atoms with Gasteiger partial charge in [-0.25, -0.2) is 9.37 Å². The van der Waals surface area contributed by atoms with Crippen molar-refractivity contribution < 1.29 is 4.39 Å². The maximum absolute atomic E-state index is 13.5.